The van der Waals surface area contributed by atoms with Crippen LogP contribution in [0.3, 0.4) is 0 Å². The molecule has 6 heteroatoms. The number of imidazole rings is 1. The van der Waals surface area contributed by atoms with Gasteiger partial charge in [0.1, 0.15) is 11.9 Å². The van der Waals surface area contributed by atoms with Gasteiger partial charge in [0.15, 0.2) is 0 Å². The van der Waals surface area contributed by atoms with E-state index in [1.165, 1.54) is 5.56 Å². The average Bonchev–Trinajstić information content (AvgIpc) is 3.30. The van der Waals surface area contributed by atoms with Crippen molar-refractivity contribution in [2.75, 3.05) is 11.9 Å². The van der Waals surface area contributed by atoms with Crippen molar-refractivity contribution >= 4 is 11.7 Å². The molecule has 0 radical (unpaired) electrons. The molecule has 0 saturated carbocycles. The molecular formula is C20H20N4O2. The minimum atomic E-state index is -0.230. The van der Waals surface area contributed by atoms with Gasteiger partial charge in [-0.25, -0.2) is 9.78 Å². The molecule has 2 N–H and O–H groups in total. The molecule has 3 aromatic rings. The molecular weight excluding hydrogens is 328 g/mol. The van der Waals surface area contributed by atoms with E-state index < -0.39 is 0 Å². The van der Waals surface area contributed by atoms with Crippen LogP contribution in [-0.4, -0.2) is 28.2 Å². The molecule has 132 valence electrons. The summed E-state index contributed by atoms with van der Waals surface area (Å²) in [5.41, 5.74) is 3.09. The summed E-state index contributed by atoms with van der Waals surface area (Å²) in [6.07, 6.45) is 6.26. The highest BCUT2D eigenvalue weighted by atomic mass is 16.5. The van der Waals surface area contributed by atoms with Crippen molar-refractivity contribution < 1.29 is 9.53 Å². The Hall–Kier alpha value is -3.28. The first-order valence-electron chi connectivity index (χ1n) is 8.60. The zero-order valence-electron chi connectivity index (χ0n) is 14.3. The molecule has 4 rings (SSSR count). The van der Waals surface area contributed by atoms with Crippen LogP contribution in [0.25, 0.3) is 0 Å². The zero-order chi connectivity index (χ0) is 17.8. The lowest BCUT2D eigenvalue weighted by atomic mass is 10.1. The number of hydrogen-bond acceptors (Lipinski definition) is 3. The van der Waals surface area contributed by atoms with Gasteiger partial charge in [-0.15, -0.1) is 0 Å². The molecule has 2 heterocycles. The van der Waals surface area contributed by atoms with E-state index in [0.717, 1.165) is 30.0 Å². The molecule has 1 aliphatic rings. The molecule has 1 aromatic heterocycles. The largest absolute Gasteiger partial charge is 0.488 e. The first-order chi connectivity index (χ1) is 12.8. The van der Waals surface area contributed by atoms with Crippen molar-refractivity contribution in [2.45, 2.75) is 19.1 Å². The van der Waals surface area contributed by atoms with Crippen LogP contribution in [-0.2, 0) is 13.0 Å². The summed E-state index contributed by atoms with van der Waals surface area (Å²) in [5, 5.41) is 5.72. The summed E-state index contributed by atoms with van der Waals surface area (Å²) >= 11 is 0. The number of amides is 2. The van der Waals surface area contributed by atoms with Crippen molar-refractivity contribution in [2.24, 2.45) is 0 Å². The third kappa shape index (κ3) is 3.85. The third-order valence-corrected chi connectivity index (χ3v) is 4.34. The Morgan fingerprint density at radius 2 is 2.04 bits per heavy atom. The number of carbonyl (C=O) groups is 1. The number of rotatable bonds is 5. The Labute approximate surface area is 151 Å². The predicted octanol–water partition coefficient (Wildman–Crippen LogP) is 3.06. The number of nitrogens with zero attached hydrogens (tertiary/aromatic N) is 2. The second-order valence-corrected chi connectivity index (χ2v) is 6.32. The first kappa shape index (κ1) is 16.2. The molecule has 1 unspecified atom stereocenters. The van der Waals surface area contributed by atoms with Crippen LogP contribution in [0.4, 0.5) is 10.5 Å². The molecule has 6 nitrogen and oxygen atoms in total. The van der Waals surface area contributed by atoms with Crippen LogP contribution in [0.15, 0.2) is 67.3 Å². The maximum atomic E-state index is 12.1. The molecule has 2 amide bonds. The van der Waals surface area contributed by atoms with Gasteiger partial charge in [-0.3, -0.25) is 0 Å². The van der Waals surface area contributed by atoms with Crippen molar-refractivity contribution in [3.05, 3.63) is 78.4 Å². The molecule has 1 aliphatic heterocycles. The Kier molecular flexibility index (Phi) is 4.55. The summed E-state index contributed by atoms with van der Waals surface area (Å²) < 4.78 is 7.82. The molecule has 0 fully saturated rings. The van der Waals surface area contributed by atoms with E-state index in [0.29, 0.717) is 6.54 Å². The third-order valence-electron chi connectivity index (χ3n) is 4.34. The number of hydrogen-bond donors (Lipinski definition) is 2. The second kappa shape index (κ2) is 7.31. The van der Waals surface area contributed by atoms with E-state index in [-0.39, 0.29) is 12.1 Å². The van der Waals surface area contributed by atoms with Gasteiger partial charge in [-0.1, -0.05) is 30.3 Å². The second-order valence-electron chi connectivity index (χ2n) is 6.32. The fourth-order valence-electron chi connectivity index (χ4n) is 3.03. The van der Waals surface area contributed by atoms with Gasteiger partial charge in [0.25, 0.3) is 0 Å². The molecule has 2 aromatic carbocycles. The molecule has 0 saturated heterocycles. The maximum Gasteiger partial charge on any atom is 0.319 e. The van der Waals surface area contributed by atoms with E-state index in [2.05, 4.69) is 21.7 Å². The zero-order valence-corrected chi connectivity index (χ0v) is 14.3. The minimum absolute atomic E-state index is 0.0179. The van der Waals surface area contributed by atoms with Crippen LogP contribution in [0, 0.1) is 0 Å². The highest BCUT2D eigenvalue weighted by molar-refractivity contribution is 5.89. The smallest absolute Gasteiger partial charge is 0.319 e. The van der Waals surface area contributed by atoms with Gasteiger partial charge in [-0.2, -0.15) is 0 Å². The van der Waals surface area contributed by atoms with E-state index in [1.807, 2.05) is 53.2 Å². The lowest BCUT2D eigenvalue weighted by Gasteiger charge is -2.13. The summed E-state index contributed by atoms with van der Waals surface area (Å²) in [7, 11) is 0. The van der Waals surface area contributed by atoms with Crippen LogP contribution in [0.2, 0.25) is 0 Å². The molecule has 0 spiro atoms. The maximum absolute atomic E-state index is 12.1. The topological polar surface area (TPSA) is 68.2 Å². The quantitative estimate of drug-likeness (QED) is 0.745. The fourth-order valence-corrected chi connectivity index (χ4v) is 3.03. The number of anilines is 1. The number of benzene rings is 2. The van der Waals surface area contributed by atoms with E-state index in [9.17, 15) is 4.79 Å². The number of carbonyl (C=O) groups excluding carboxylic acids is 1. The predicted molar refractivity (Wildman–Crippen MR) is 99.4 cm³/mol. The van der Waals surface area contributed by atoms with E-state index >= 15 is 0 Å². The number of nitrogens with one attached hydrogen (secondary N) is 2. The number of urea groups is 1. The molecule has 0 bridgehead atoms. The average molecular weight is 348 g/mol. The van der Waals surface area contributed by atoms with Crippen LogP contribution < -0.4 is 15.4 Å². The van der Waals surface area contributed by atoms with E-state index in [1.54, 1.807) is 12.5 Å². The summed E-state index contributed by atoms with van der Waals surface area (Å²) in [4.78, 5) is 16.1. The number of aromatic nitrogens is 2. The van der Waals surface area contributed by atoms with Crippen molar-refractivity contribution in [3.63, 3.8) is 0 Å². The normalized spacial score (nSPS) is 15.2. The minimum Gasteiger partial charge on any atom is -0.488 e. The van der Waals surface area contributed by atoms with Gasteiger partial charge in [-0.05, 0) is 29.3 Å². The van der Waals surface area contributed by atoms with E-state index in [4.69, 9.17) is 4.74 Å². The fraction of sp³-hybridized carbons (Fsp3) is 0.200. The van der Waals surface area contributed by atoms with Crippen LogP contribution >= 0.6 is 0 Å². The highest BCUT2D eigenvalue weighted by Crippen LogP contribution is 2.27. The van der Waals surface area contributed by atoms with Crippen LogP contribution in [0.1, 0.15) is 11.1 Å². The number of fused-ring (bicyclic) bond motifs is 1. The molecule has 26 heavy (non-hydrogen) atoms. The van der Waals surface area contributed by atoms with Crippen molar-refractivity contribution in [1.29, 1.82) is 0 Å². The summed E-state index contributed by atoms with van der Waals surface area (Å²) in [6.45, 7) is 1.23. The molecule has 1 atom stereocenters. The van der Waals surface area contributed by atoms with Crippen molar-refractivity contribution in [1.82, 2.24) is 14.9 Å². The van der Waals surface area contributed by atoms with Gasteiger partial charge >= 0.3 is 6.03 Å². The van der Waals surface area contributed by atoms with Gasteiger partial charge in [0, 0.05) is 31.0 Å². The number of para-hydroxylation sites is 1. The van der Waals surface area contributed by atoms with Gasteiger partial charge in [0.05, 0.1) is 12.9 Å². The summed E-state index contributed by atoms with van der Waals surface area (Å²) in [6, 6.07) is 15.5. The van der Waals surface area contributed by atoms with Crippen molar-refractivity contribution in [3.8, 4) is 5.75 Å². The SMILES string of the molecule is O=C(NCC1Cc2ccccc2O1)Nc1ccc(Cn2ccnc2)cc1. The lowest BCUT2D eigenvalue weighted by Crippen LogP contribution is -2.37. The Balaban J connectivity index is 1.25. The Morgan fingerprint density at radius 1 is 1.19 bits per heavy atom. The first-order valence-corrected chi connectivity index (χ1v) is 8.60. The summed E-state index contributed by atoms with van der Waals surface area (Å²) in [5.74, 6) is 0.910. The molecule has 0 aliphatic carbocycles. The van der Waals surface area contributed by atoms with Crippen LogP contribution in [0.5, 0.6) is 5.75 Å². The van der Waals surface area contributed by atoms with Gasteiger partial charge < -0.3 is 19.9 Å². The Morgan fingerprint density at radius 3 is 2.81 bits per heavy atom. The standard InChI is InChI=1S/C20H20N4O2/c25-20(22-12-18-11-16-3-1-2-4-19(16)26-18)23-17-7-5-15(6-8-17)13-24-10-9-21-14-24/h1-10,14,18H,11-13H2,(H2,22,23,25). The monoisotopic (exact) mass is 348 g/mol. The van der Waals surface area contributed by atoms with Gasteiger partial charge in [0.2, 0.25) is 0 Å². The highest BCUT2D eigenvalue weighted by Gasteiger charge is 2.22. The number of ether oxygens (including phenoxy) is 1. The Bertz CT molecular complexity index is 850. The lowest BCUT2D eigenvalue weighted by molar-refractivity contribution is 0.219.